The van der Waals surface area contributed by atoms with Gasteiger partial charge in [0.1, 0.15) is 17.3 Å². The molecule has 0 aliphatic carbocycles. The van der Waals surface area contributed by atoms with E-state index in [4.69, 9.17) is 11.0 Å². The van der Waals surface area contributed by atoms with Crippen molar-refractivity contribution in [1.82, 2.24) is 4.98 Å². The highest BCUT2D eigenvalue weighted by Crippen LogP contribution is 2.32. The number of nitriles is 1. The molecule has 0 saturated heterocycles. The average molecular weight is 231 g/mol. The third-order valence-electron chi connectivity index (χ3n) is 1.53. The van der Waals surface area contributed by atoms with Crippen molar-refractivity contribution >= 4 is 12.0 Å². The fourth-order valence-corrected chi connectivity index (χ4v) is 0.946. The van der Waals surface area contributed by atoms with Gasteiger partial charge in [-0.3, -0.25) is 4.79 Å². The van der Waals surface area contributed by atoms with Crippen LogP contribution in [0.2, 0.25) is 0 Å². The summed E-state index contributed by atoms with van der Waals surface area (Å²) in [5, 5.41) is 8.60. The van der Waals surface area contributed by atoms with Gasteiger partial charge in [-0.25, -0.2) is 4.98 Å². The Bertz CT molecular complexity index is 465. The van der Waals surface area contributed by atoms with Gasteiger partial charge in [0.2, 0.25) is 0 Å². The molecular weight excluding hydrogens is 227 g/mol. The zero-order chi connectivity index (χ0) is 12.3. The van der Waals surface area contributed by atoms with Gasteiger partial charge in [0.15, 0.2) is 12.0 Å². The Labute approximate surface area is 87.3 Å². The summed E-state index contributed by atoms with van der Waals surface area (Å²) in [4.78, 5) is 13.8. The van der Waals surface area contributed by atoms with Crippen molar-refractivity contribution in [2.75, 3.05) is 5.73 Å². The lowest BCUT2D eigenvalue weighted by atomic mass is 10.2. The predicted octanol–water partition coefficient (Wildman–Crippen LogP) is 1.25. The minimum atomic E-state index is -5.00. The number of nitrogen functional groups attached to an aromatic ring is 1. The zero-order valence-electron chi connectivity index (χ0n) is 7.58. The van der Waals surface area contributed by atoms with E-state index in [1.807, 2.05) is 0 Å². The van der Waals surface area contributed by atoms with Gasteiger partial charge in [0.05, 0.1) is 11.9 Å². The number of nitrogens with two attached hydrogens (primary N) is 1. The third-order valence-corrected chi connectivity index (χ3v) is 1.53. The Balaban J connectivity index is 3.36. The van der Waals surface area contributed by atoms with Crippen molar-refractivity contribution in [3.05, 3.63) is 17.5 Å². The molecule has 1 rings (SSSR count). The minimum absolute atomic E-state index is 0.140. The van der Waals surface area contributed by atoms with Crippen LogP contribution in [0.3, 0.4) is 0 Å². The number of halogens is 3. The van der Waals surface area contributed by atoms with Crippen LogP contribution in [0.15, 0.2) is 6.20 Å². The monoisotopic (exact) mass is 231 g/mol. The van der Waals surface area contributed by atoms with Crippen molar-refractivity contribution in [2.24, 2.45) is 0 Å². The molecule has 1 heterocycles. The van der Waals surface area contributed by atoms with Gasteiger partial charge in [-0.05, 0) is 0 Å². The molecule has 8 heteroatoms. The maximum absolute atomic E-state index is 12.0. The van der Waals surface area contributed by atoms with Crippen LogP contribution in [0.25, 0.3) is 0 Å². The molecule has 1 aromatic heterocycles. The van der Waals surface area contributed by atoms with E-state index in [1.54, 1.807) is 0 Å². The molecule has 0 atom stereocenters. The number of anilines is 1. The summed E-state index contributed by atoms with van der Waals surface area (Å²) in [7, 11) is 0. The second-order valence-electron chi connectivity index (χ2n) is 2.58. The smallest absolute Gasteiger partial charge is 0.402 e. The standard InChI is InChI=1S/C8H4F3N3O2/c9-8(10,11)16-7-4(1-12)6(3-15)14-2-5(7)13/h2-3H,13H2. The number of aromatic nitrogens is 1. The average Bonchev–Trinajstić information content (AvgIpc) is 2.19. The highest BCUT2D eigenvalue weighted by molar-refractivity contribution is 5.80. The molecule has 0 aromatic carbocycles. The van der Waals surface area contributed by atoms with Gasteiger partial charge in [-0.2, -0.15) is 5.26 Å². The van der Waals surface area contributed by atoms with Crippen LogP contribution in [0.1, 0.15) is 16.1 Å². The normalized spacial score (nSPS) is 10.6. The van der Waals surface area contributed by atoms with Crippen LogP contribution in [0.4, 0.5) is 18.9 Å². The number of hydrogen-bond acceptors (Lipinski definition) is 5. The Morgan fingerprint density at radius 3 is 2.62 bits per heavy atom. The van der Waals surface area contributed by atoms with Crippen LogP contribution < -0.4 is 10.5 Å². The summed E-state index contributed by atoms with van der Waals surface area (Å²) < 4.78 is 39.5. The molecule has 0 aliphatic heterocycles. The molecule has 0 bridgehead atoms. The van der Waals surface area contributed by atoms with Gasteiger partial charge in [0, 0.05) is 0 Å². The van der Waals surface area contributed by atoms with E-state index >= 15 is 0 Å². The fourth-order valence-electron chi connectivity index (χ4n) is 0.946. The number of aldehydes is 1. The topological polar surface area (TPSA) is 89.0 Å². The third kappa shape index (κ3) is 2.38. The molecular formula is C8H4F3N3O2. The Kier molecular flexibility index (Phi) is 2.99. The summed E-state index contributed by atoms with van der Waals surface area (Å²) in [6, 6.07) is 1.38. The number of ether oxygens (including phenoxy) is 1. The molecule has 16 heavy (non-hydrogen) atoms. The second-order valence-corrected chi connectivity index (χ2v) is 2.58. The fraction of sp³-hybridized carbons (Fsp3) is 0.125. The van der Waals surface area contributed by atoms with E-state index in [2.05, 4.69) is 9.72 Å². The highest BCUT2D eigenvalue weighted by Gasteiger charge is 2.34. The van der Waals surface area contributed by atoms with E-state index in [0.717, 1.165) is 6.20 Å². The first kappa shape index (κ1) is 11.8. The summed E-state index contributed by atoms with van der Waals surface area (Å²) in [5.74, 6) is -0.910. The molecule has 0 spiro atoms. The van der Waals surface area contributed by atoms with Crippen molar-refractivity contribution < 1.29 is 22.7 Å². The van der Waals surface area contributed by atoms with E-state index in [-0.39, 0.29) is 6.29 Å². The van der Waals surface area contributed by atoms with Gasteiger partial charge >= 0.3 is 6.36 Å². The van der Waals surface area contributed by atoms with Gasteiger partial charge in [-0.1, -0.05) is 0 Å². The van der Waals surface area contributed by atoms with E-state index in [0.29, 0.717) is 0 Å². The first-order valence-corrected chi connectivity index (χ1v) is 3.78. The van der Waals surface area contributed by atoms with Gasteiger partial charge in [0.25, 0.3) is 0 Å². The Morgan fingerprint density at radius 2 is 2.19 bits per heavy atom. The molecule has 0 aliphatic rings. The van der Waals surface area contributed by atoms with Gasteiger partial charge in [-0.15, -0.1) is 13.2 Å². The highest BCUT2D eigenvalue weighted by atomic mass is 19.4. The number of carbonyl (C=O) groups excluding carboxylic acids is 1. The maximum atomic E-state index is 12.0. The van der Waals surface area contributed by atoms with E-state index in [9.17, 15) is 18.0 Å². The molecule has 1 aromatic rings. The number of rotatable bonds is 2. The number of nitrogens with zero attached hydrogens (tertiary/aromatic N) is 2. The number of alkyl halides is 3. The second kappa shape index (κ2) is 4.06. The minimum Gasteiger partial charge on any atom is -0.402 e. The zero-order valence-corrected chi connectivity index (χ0v) is 7.58. The van der Waals surface area contributed by atoms with Crippen molar-refractivity contribution in [3.8, 4) is 11.8 Å². The number of carbonyl (C=O) groups is 1. The van der Waals surface area contributed by atoms with E-state index < -0.39 is 29.1 Å². The summed E-state index contributed by atoms with van der Waals surface area (Å²) in [6.45, 7) is 0. The molecule has 0 fully saturated rings. The molecule has 0 amide bonds. The Morgan fingerprint density at radius 1 is 1.56 bits per heavy atom. The van der Waals surface area contributed by atoms with Crippen molar-refractivity contribution in [2.45, 2.75) is 6.36 Å². The van der Waals surface area contributed by atoms with Crippen LogP contribution in [-0.2, 0) is 0 Å². The SMILES string of the molecule is N#Cc1c(C=O)ncc(N)c1OC(F)(F)F. The lowest BCUT2D eigenvalue weighted by Crippen LogP contribution is -2.19. The number of hydrogen-bond donors (Lipinski definition) is 1. The van der Waals surface area contributed by atoms with Gasteiger partial charge < -0.3 is 10.5 Å². The maximum Gasteiger partial charge on any atom is 0.573 e. The molecule has 0 saturated carbocycles. The Hall–Kier alpha value is -2.30. The quantitative estimate of drug-likeness (QED) is 0.773. The molecule has 2 N–H and O–H groups in total. The summed E-state index contributed by atoms with van der Waals surface area (Å²) in [6.07, 6.45) is -4.05. The lowest BCUT2D eigenvalue weighted by Gasteiger charge is -2.12. The van der Waals surface area contributed by atoms with E-state index in [1.165, 1.54) is 6.07 Å². The predicted molar refractivity (Wildman–Crippen MR) is 45.4 cm³/mol. The molecule has 84 valence electrons. The van der Waals surface area contributed by atoms with Crippen LogP contribution in [0, 0.1) is 11.3 Å². The number of pyridine rings is 1. The largest absolute Gasteiger partial charge is 0.573 e. The molecule has 0 radical (unpaired) electrons. The molecule has 0 unspecified atom stereocenters. The van der Waals surface area contributed by atoms with Crippen LogP contribution >= 0.6 is 0 Å². The molecule has 5 nitrogen and oxygen atoms in total. The first-order valence-electron chi connectivity index (χ1n) is 3.78. The summed E-state index contributed by atoms with van der Waals surface area (Å²) >= 11 is 0. The van der Waals surface area contributed by atoms with Crippen LogP contribution in [-0.4, -0.2) is 17.6 Å². The summed E-state index contributed by atoms with van der Waals surface area (Å²) in [5.41, 5.74) is 3.59. The van der Waals surface area contributed by atoms with Crippen LogP contribution in [0.5, 0.6) is 5.75 Å². The lowest BCUT2D eigenvalue weighted by molar-refractivity contribution is -0.274. The van der Waals surface area contributed by atoms with Crippen molar-refractivity contribution in [3.63, 3.8) is 0 Å². The van der Waals surface area contributed by atoms with Crippen molar-refractivity contribution in [1.29, 1.82) is 5.26 Å². The first-order chi connectivity index (χ1) is 7.39.